The standard InChI is InChI=1S/C13H23N3O6S3/c1-4-15-11-8-16(5-6-22-9(2)21-3)25(19,20)13-10(11)7-12(23-13)24(14,17)18/h7,9,11,15H,4-6,8H2,1-3H3,(H2,14,17,18)/t9?,11-/m0/s1. The highest BCUT2D eigenvalue weighted by atomic mass is 32.3. The third kappa shape index (κ3) is 4.57. The molecule has 0 fully saturated rings. The van der Waals surface area contributed by atoms with E-state index >= 15 is 0 Å². The van der Waals surface area contributed by atoms with Gasteiger partial charge in [-0.2, -0.15) is 4.31 Å². The van der Waals surface area contributed by atoms with Crippen LogP contribution in [0.2, 0.25) is 0 Å². The molecule has 1 aromatic rings. The van der Waals surface area contributed by atoms with E-state index in [1.807, 2.05) is 6.92 Å². The lowest BCUT2D eigenvalue weighted by Gasteiger charge is -2.32. The second-order valence-corrected chi connectivity index (χ2v) is 10.5. The van der Waals surface area contributed by atoms with Crippen molar-refractivity contribution in [1.29, 1.82) is 0 Å². The number of nitrogens with one attached hydrogen (secondary N) is 1. The molecule has 2 rings (SSSR count). The summed E-state index contributed by atoms with van der Waals surface area (Å²) in [6.07, 6.45) is -0.441. The normalized spacial score (nSPS) is 21.8. The average molecular weight is 414 g/mol. The predicted octanol–water partition coefficient (Wildman–Crippen LogP) is 0.0594. The molecule has 0 aliphatic carbocycles. The van der Waals surface area contributed by atoms with Gasteiger partial charge in [-0.05, 0) is 19.5 Å². The van der Waals surface area contributed by atoms with E-state index in [-0.39, 0.29) is 34.2 Å². The molecule has 144 valence electrons. The Labute approximate surface area is 152 Å². The maximum absolute atomic E-state index is 12.8. The number of fused-ring (bicyclic) bond motifs is 1. The third-order valence-electron chi connectivity index (χ3n) is 3.79. The second kappa shape index (κ2) is 7.96. The van der Waals surface area contributed by atoms with E-state index < -0.39 is 26.3 Å². The molecule has 0 saturated heterocycles. The molecule has 1 aromatic heterocycles. The van der Waals surface area contributed by atoms with E-state index in [4.69, 9.17) is 14.6 Å². The summed E-state index contributed by atoms with van der Waals surface area (Å²) in [6, 6.07) is 1.04. The lowest BCUT2D eigenvalue weighted by Crippen LogP contribution is -2.44. The molecular weight excluding hydrogens is 390 g/mol. The summed E-state index contributed by atoms with van der Waals surface area (Å²) in [4.78, 5) is 0. The molecule has 2 atom stereocenters. The van der Waals surface area contributed by atoms with E-state index in [2.05, 4.69) is 5.32 Å². The minimum Gasteiger partial charge on any atom is -0.356 e. The topological polar surface area (TPSA) is 128 Å². The van der Waals surface area contributed by atoms with Crippen molar-refractivity contribution in [2.75, 3.05) is 33.4 Å². The van der Waals surface area contributed by atoms with Gasteiger partial charge < -0.3 is 14.8 Å². The molecule has 12 heteroatoms. The van der Waals surface area contributed by atoms with Gasteiger partial charge in [-0.1, -0.05) is 6.92 Å². The Morgan fingerprint density at radius 2 is 2.20 bits per heavy atom. The van der Waals surface area contributed by atoms with Gasteiger partial charge in [-0.3, -0.25) is 0 Å². The number of nitrogens with zero attached hydrogens (tertiary/aromatic N) is 1. The largest absolute Gasteiger partial charge is 0.356 e. The van der Waals surface area contributed by atoms with Crippen molar-refractivity contribution in [2.24, 2.45) is 5.14 Å². The first-order valence-electron chi connectivity index (χ1n) is 7.65. The average Bonchev–Trinajstić information content (AvgIpc) is 2.98. The smallest absolute Gasteiger partial charge is 0.253 e. The number of hydrogen-bond acceptors (Lipinski definition) is 8. The van der Waals surface area contributed by atoms with Crippen LogP contribution < -0.4 is 10.5 Å². The van der Waals surface area contributed by atoms with Crippen LogP contribution in [0.5, 0.6) is 0 Å². The molecule has 0 amide bonds. The van der Waals surface area contributed by atoms with Gasteiger partial charge >= 0.3 is 0 Å². The van der Waals surface area contributed by atoms with Crippen LogP contribution in [0, 0.1) is 0 Å². The van der Waals surface area contributed by atoms with E-state index in [1.54, 1.807) is 6.92 Å². The highest BCUT2D eigenvalue weighted by Gasteiger charge is 2.39. The van der Waals surface area contributed by atoms with Crippen molar-refractivity contribution >= 4 is 31.4 Å². The number of hydrogen-bond donors (Lipinski definition) is 2. The summed E-state index contributed by atoms with van der Waals surface area (Å²) in [6.45, 7) is 4.70. The summed E-state index contributed by atoms with van der Waals surface area (Å²) in [5.41, 5.74) is 0.443. The molecule has 0 radical (unpaired) electrons. The van der Waals surface area contributed by atoms with Crippen molar-refractivity contribution in [3.63, 3.8) is 0 Å². The Bertz CT molecular complexity index is 805. The molecule has 0 bridgehead atoms. The third-order valence-corrected chi connectivity index (χ3v) is 8.76. The fraction of sp³-hybridized carbons (Fsp3) is 0.692. The van der Waals surface area contributed by atoms with Gasteiger partial charge in [0.1, 0.15) is 8.42 Å². The Kier molecular flexibility index (Phi) is 6.60. The molecule has 9 nitrogen and oxygen atoms in total. The number of primary sulfonamides is 1. The van der Waals surface area contributed by atoms with E-state index in [1.165, 1.54) is 17.5 Å². The Hall–Kier alpha value is -0.600. The molecule has 0 spiro atoms. The minimum atomic E-state index is -3.97. The first-order chi connectivity index (χ1) is 11.6. The Morgan fingerprint density at radius 1 is 1.52 bits per heavy atom. The highest BCUT2D eigenvalue weighted by Crippen LogP contribution is 2.39. The van der Waals surface area contributed by atoms with Crippen molar-refractivity contribution in [2.45, 2.75) is 34.6 Å². The quantitative estimate of drug-likeness (QED) is 0.577. The molecule has 25 heavy (non-hydrogen) atoms. The fourth-order valence-electron chi connectivity index (χ4n) is 2.49. The zero-order valence-corrected chi connectivity index (χ0v) is 16.7. The number of ether oxygens (including phenoxy) is 2. The molecule has 0 saturated carbocycles. The maximum atomic E-state index is 12.8. The van der Waals surface area contributed by atoms with Crippen molar-refractivity contribution < 1.29 is 26.3 Å². The minimum absolute atomic E-state index is 0.00788. The fourth-order valence-corrected chi connectivity index (χ4v) is 6.74. The molecule has 1 aliphatic rings. The number of sulfonamides is 2. The number of nitrogens with two attached hydrogens (primary N) is 1. The molecule has 1 aliphatic heterocycles. The van der Waals surface area contributed by atoms with Crippen LogP contribution in [-0.2, 0) is 29.5 Å². The van der Waals surface area contributed by atoms with Gasteiger partial charge in [0.2, 0.25) is 10.0 Å². The molecule has 0 aromatic carbocycles. The summed E-state index contributed by atoms with van der Waals surface area (Å²) in [5, 5.41) is 8.34. The molecule has 2 heterocycles. The van der Waals surface area contributed by atoms with Crippen molar-refractivity contribution in [3.8, 4) is 0 Å². The number of rotatable bonds is 8. The summed E-state index contributed by atoms with van der Waals surface area (Å²) >= 11 is 0.679. The van der Waals surface area contributed by atoms with Gasteiger partial charge in [0, 0.05) is 31.8 Å². The first kappa shape index (κ1) is 20.7. The highest BCUT2D eigenvalue weighted by molar-refractivity contribution is 7.94. The number of methoxy groups -OCH3 is 1. The first-order valence-corrected chi connectivity index (χ1v) is 11.5. The number of thiophene rings is 1. The van der Waals surface area contributed by atoms with Crippen LogP contribution >= 0.6 is 11.3 Å². The van der Waals surface area contributed by atoms with Gasteiger partial charge in [-0.25, -0.2) is 22.0 Å². The number of likely N-dealkylation sites (N-methyl/N-ethyl adjacent to an activating group) is 1. The van der Waals surface area contributed by atoms with Gasteiger partial charge in [-0.15, -0.1) is 11.3 Å². The SMILES string of the molecule is CCN[C@H]1CN(CCOC(C)OC)S(=O)(=O)c2sc(S(N)(=O)=O)cc21. The second-order valence-electron chi connectivity index (χ2n) is 5.50. The lowest BCUT2D eigenvalue weighted by molar-refractivity contribution is -0.111. The molecular formula is C13H23N3O6S3. The predicted molar refractivity (Wildman–Crippen MR) is 93.3 cm³/mol. The zero-order valence-electron chi connectivity index (χ0n) is 14.3. The Balaban J connectivity index is 2.33. The van der Waals surface area contributed by atoms with Crippen molar-refractivity contribution in [3.05, 3.63) is 11.6 Å². The van der Waals surface area contributed by atoms with Gasteiger partial charge in [0.15, 0.2) is 6.29 Å². The molecule has 1 unspecified atom stereocenters. The van der Waals surface area contributed by atoms with Gasteiger partial charge in [0.05, 0.1) is 6.61 Å². The van der Waals surface area contributed by atoms with Crippen molar-refractivity contribution in [1.82, 2.24) is 9.62 Å². The van der Waals surface area contributed by atoms with Crippen LogP contribution in [0.3, 0.4) is 0 Å². The van der Waals surface area contributed by atoms with Crippen LogP contribution in [0.25, 0.3) is 0 Å². The summed E-state index contributed by atoms with van der Waals surface area (Å²) < 4.78 is 60.4. The van der Waals surface area contributed by atoms with E-state index in [9.17, 15) is 16.8 Å². The van der Waals surface area contributed by atoms with Crippen LogP contribution in [0.4, 0.5) is 0 Å². The summed E-state index contributed by atoms with van der Waals surface area (Å²) in [5.74, 6) is 0. The van der Waals surface area contributed by atoms with Crippen LogP contribution in [-0.4, -0.2) is 60.8 Å². The van der Waals surface area contributed by atoms with Crippen LogP contribution in [0.15, 0.2) is 14.5 Å². The zero-order chi connectivity index (χ0) is 18.8. The van der Waals surface area contributed by atoms with Gasteiger partial charge in [0.25, 0.3) is 10.0 Å². The maximum Gasteiger partial charge on any atom is 0.253 e. The monoisotopic (exact) mass is 413 g/mol. The molecule has 3 N–H and O–H groups in total. The summed E-state index contributed by atoms with van der Waals surface area (Å²) in [7, 11) is -6.28. The van der Waals surface area contributed by atoms with Crippen LogP contribution in [0.1, 0.15) is 25.5 Å². The van der Waals surface area contributed by atoms with E-state index in [0.717, 1.165) is 0 Å². The van der Waals surface area contributed by atoms with E-state index in [0.29, 0.717) is 23.4 Å². The lowest BCUT2D eigenvalue weighted by atomic mass is 10.1. The Morgan fingerprint density at radius 3 is 2.76 bits per heavy atom.